The maximum atomic E-state index is 13.7. The minimum atomic E-state index is -0.365. The zero-order valence-electron chi connectivity index (χ0n) is 20.2. The molecule has 2 amide bonds. The van der Waals surface area contributed by atoms with Gasteiger partial charge in [0.15, 0.2) is 0 Å². The number of nitrogens with zero attached hydrogens (tertiary/aromatic N) is 3. The molecule has 7 heteroatoms. The summed E-state index contributed by atoms with van der Waals surface area (Å²) in [7, 11) is 0. The van der Waals surface area contributed by atoms with E-state index in [1.807, 2.05) is 55.1 Å². The molecule has 4 aromatic rings. The largest absolute Gasteiger partial charge is 0.350 e. The van der Waals surface area contributed by atoms with Crippen LogP contribution in [0.4, 0.5) is 10.1 Å². The van der Waals surface area contributed by atoms with E-state index in [0.717, 1.165) is 46.2 Å². The van der Waals surface area contributed by atoms with Crippen LogP contribution in [0.3, 0.4) is 0 Å². The lowest BCUT2D eigenvalue weighted by atomic mass is 9.93. The number of fused-ring (bicyclic) bond motifs is 1. The Morgan fingerprint density at radius 2 is 1.78 bits per heavy atom. The number of amides is 2. The zero-order valence-corrected chi connectivity index (χ0v) is 20.2. The average Bonchev–Trinajstić information content (AvgIpc) is 3.60. The van der Waals surface area contributed by atoms with Crippen molar-refractivity contribution in [3.8, 4) is 5.69 Å². The van der Waals surface area contributed by atoms with Crippen LogP contribution < -0.4 is 10.2 Å². The Hall–Kier alpha value is -4.00. The van der Waals surface area contributed by atoms with Crippen molar-refractivity contribution >= 4 is 28.4 Å². The summed E-state index contributed by atoms with van der Waals surface area (Å²) in [6.07, 6.45) is 3.57. The smallest absolute Gasteiger partial charge is 0.232 e. The van der Waals surface area contributed by atoms with E-state index in [2.05, 4.69) is 16.5 Å². The quantitative estimate of drug-likeness (QED) is 0.431. The van der Waals surface area contributed by atoms with E-state index in [1.54, 1.807) is 23.0 Å². The van der Waals surface area contributed by atoms with Gasteiger partial charge in [0.25, 0.3) is 0 Å². The average molecular weight is 483 g/mol. The van der Waals surface area contributed by atoms with Crippen LogP contribution in [0.2, 0.25) is 0 Å². The monoisotopic (exact) mass is 482 g/mol. The SMILES string of the molecule is Cc1cccc([C@@H]2[C@@H](NC(=O)C3CC3)[C@@H](C)C(=O)N2c2ccc3c(cnn3-c3ccc(F)cc3)c2)c1. The number of benzene rings is 3. The molecule has 0 bridgehead atoms. The van der Waals surface area contributed by atoms with Crippen molar-refractivity contribution in [2.75, 3.05) is 4.90 Å². The molecule has 36 heavy (non-hydrogen) atoms. The maximum absolute atomic E-state index is 13.7. The molecular formula is C29H27FN4O2. The van der Waals surface area contributed by atoms with Crippen LogP contribution in [-0.2, 0) is 9.59 Å². The fourth-order valence-corrected chi connectivity index (χ4v) is 5.23. The fourth-order valence-electron chi connectivity index (χ4n) is 5.23. The first-order valence-electron chi connectivity index (χ1n) is 12.3. The van der Waals surface area contributed by atoms with E-state index >= 15 is 0 Å². The van der Waals surface area contributed by atoms with E-state index in [1.165, 1.54) is 12.1 Å². The summed E-state index contributed by atoms with van der Waals surface area (Å²) in [6.45, 7) is 3.93. The lowest BCUT2D eigenvalue weighted by Crippen LogP contribution is -2.42. The molecule has 3 atom stereocenters. The Labute approximate surface area is 208 Å². The van der Waals surface area contributed by atoms with Crippen LogP contribution in [0.5, 0.6) is 0 Å². The highest BCUT2D eigenvalue weighted by Gasteiger charge is 2.48. The van der Waals surface area contributed by atoms with Gasteiger partial charge in [0, 0.05) is 17.0 Å². The predicted octanol–water partition coefficient (Wildman–Crippen LogP) is 5.09. The first-order valence-corrected chi connectivity index (χ1v) is 12.3. The summed E-state index contributed by atoms with van der Waals surface area (Å²) in [6, 6.07) is 19.5. The Bertz CT molecular complexity index is 1470. The molecule has 1 aliphatic heterocycles. The van der Waals surface area contributed by atoms with Gasteiger partial charge in [-0.15, -0.1) is 0 Å². The van der Waals surface area contributed by atoms with Crippen molar-refractivity contribution in [2.24, 2.45) is 11.8 Å². The van der Waals surface area contributed by atoms with Crippen LogP contribution >= 0.6 is 0 Å². The third-order valence-electron chi connectivity index (χ3n) is 7.33. The second-order valence-electron chi connectivity index (χ2n) is 9.94. The number of anilines is 1. The highest BCUT2D eigenvalue weighted by Crippen LogP contribution is 2.42. The van der Waals surface area contributed by atoms with Crippen LogP contribution in [0.25, 0.3) is 16.6 Å². The molecule has 182 valence electrons. The van der Waals surface area contributed by atoms with Crippen molar-refractivity contribution in [1.29, 1.82) is 0 Å². The molecule has 2 aliphatic rings. The first-order chi connectivity index (χ1) is 17.4. The van der Waals surface area contributed by atoms with Crippen molar-refractivity contribution in [2.45, 2.75) is 38.8 Å². The van der Waals surface area contributed by atoms with Crippen molar-refractivity contribution in [3.63, 3.8) is 0 Å². The zero-order chi connectivity index (χ0) is 25.0. The van der Waals surface area contributed by atoms with Gasteiger partial charge in [-0.1, -0.05) is 36.8 Å². The lowest BCUT2D eigenvalue weighted by molar-refractivity contribution is -0.123. The second-order valence-corrected chi connectivity index (χ2v) is 9.94. The van der Waals surface area contributed by atoms with Gasteiger partial charge in [-0.3, -0.25) is 9.59 Å². The summed E-state index contributed by atoms with van der Waals surface area (Å²) < 4.78 is 15.2. The molecular weight excluding hydrogens is 455 g/mol. The van der Waals surface area contributed by atoms with Gasteiger partial charge in [-0.05, 0) is 67.8 Å². The van der Waals surface area contributed by atoms with Gasteiger partial charge >= 0.3 is 0 Å². The molecule has 0 spiro atoms. The van der Waals surface area contributed by atoms with Crippen LogP contribution in [-0.4, -0.2) is 27.6 Å². The molecule has 6 nitrogen and oxygen atoms in total. The summed E-state index contributed by atoms with van der Waals surface area (Å²) in [4.78, 5) is 28.2. The highest BCUT2D eigenvalue weighted by molar-refractivity contribution is 6.01. The Morgan fingerprint density at radius 3 is 2.50 bits per heavy atom. The van der Waals surface area contributed by atoms with E-state index in [-0.39, 0.29) is 41.6 Å². The number of hydrogen-bond acceptors (Lipinski definition) is 3. The maximum Gasteiger partial charge on any atom is 0.232 e. The number of hydrogen-bond donors (Lipinski definition) is 1. The highest BCUT2D eigenvalue weighted by atomic mass is 19.1. The normalized spacial score (nSPS) is 21.8. The Kier molecular flexibility index (Phi) is 5.36. The summed E-state index contributed by atoms with van der Waals surface area (Å²) in [5, 5.41) is 8.57. The third-order valence-corrected chi connectivity index (χ3v) is 7.33. The lowest BCUT2D eigenvalue weighted by Gasteiger charge is -2.30. The molecule has 1 aromatic heterocycles. The van der Waals surface area contributed by atoms with Gasteiger partial charge in [-0.25, -0.2) is 9.07 Å². The fraction of sp³-hybridized carbons (Fsp3) is 0.276. The number of rotatable bonds is 5. The molecule has 3 aromatic carbocycles. The Balaban J connectivity index is 1.41. The second kappa shape index (κ2) is 8.59. The predicted molar refractivity (Wildman–Crippen MR) is 136 cm³/mol. The molecule has 1 saturated carbocycles. The molecule has 1 aliphatic carbocycles. The van der Waals surface area contributed by atoms with Crippen molar-refractivity contribution < 1.29 is 14.0 Å². The van der Waals surface area contributed by atoms with Crippen LogP contribution in [0, 0.1) is 24.6 Å². The molecule has 2 heterocycles. The molecule has 2 fully saturated rings. The van der Waals surface area contributed by atoms with Gasteiger partial charge in [0.1, 0.15) is 5.82 Å². The molecule has 1 saturated heterocycles. The molecule has 0 unspecified atom stereocenters. The summed E-state index contributed by atoms with van der Waals surface area (Å²) in [5.74, 6) is -0.586. The topological polar surface area (TPSA) is 67.2 Å². The van der Waals surface area contributed by atoms with Crippen molar-refractivity contribution in [3.05, 3.63) is 89.9 Å². The number of halogens is 1. The number of aromatic nitrogens is 2. The standard InChI is InChI=1S/C29H27FN4O2/c1-17-4-3-5-20(14-17)27-26(32-28(35)19-6-7-19)18(2)29(36)33(27)24-12-13-25-21(15-24)16-31-34(25)23-10-8-22(30)9-11-23/h3-5,8-16,18-19,26-27H,6-7H2,1-2H3,(H,32,35)/t18-,26+,27-/m1/s1. The minimum Gasteiger partial charge on any atom is -0.350 e. The first kappa shape index (κ1) is 22.5. The number of aryl methyl sites for hydroxylation is 1. The number of carbonyl (C=O) groups is 2. The van der Waals surface area contributed by atoms with E-state index in [9.17, 15) is 14.0 Å². The van der Waals surface area contributed by atoms with Gasteiger partial charge in [0.2, 0.25) is 11.8 Å². The van der Waals surface area contributed by atoms with Gasteiger partial charge in [-0.2, -0.15) is 5.10 Å². The minimum absolute atomic E-state index is 0.0205. The molecule has 1 N–H and O–H groups in total. The van der Waals surface area contributed by atoms with Crippen LogP contribution in [0.1, 0.15) is 36.9 Å². The van der Waals surface area contributed by atoms with E-state index < -0.39 is 0 Å². The van der Waals surface area contributed by atoms with Gasteiger partial charge in [0.05, 0.1) is 35.4 Å². The van der Waals surface area contributed by atoms with Crippen LogP contribution in [0.15, 0.2) is 72.9 Å². The number of carbonyl (C=O) groups excluding carboxylic acids is 2. The van der Waals surface area contributed by atoms with E-state index in [0.29, 0.717) is 0 Å². The summed E-state index contributed by atoms with van der Waals surface area (Å²) >= 11 is 0. The van der Waals surface area contributed by atoms with E-state index in [4.69, 9.17) is 0 Å². The third kappa shape index (κ3) is 3.85. The Morgan fingerprint density at radius 1 is 1.03 bits per heavy atom. The summed E-state index contributed by atoms with van der Waals surface area (Å²) in [5.41, 5.74) is 4.47. The van der Waals surface area contributed by atoms with Crippen molar-refractivity contribution in [1.82, 2.24) is 15.1 Å². The molecule has 0 radical (unpaired) electrons. The van der Waals surface area contributed by atoms with Gasteiger partial charge < -0.3 is 10.2 Å². The molecule has 6 rings (SSSR count). The number of nitrogens with one attached hydrogen (secondary N) is 1.